The van der Waals surface area contributed by atoms with E-state index in [1.54, 1.807) is 13.8 Å². The van der Waals surface area contributed by atoms with Crippen molar-refractivity contribution < 1.29 is 17.9 Å². The van der Waals surface area contributed by atoms with Gasteiger partial charge in [-0.15, -0.1) is 0 Å². The first kappa shape index (κ1) is 13.2. The Morgan fingerprint density at radius 2 is 1.94 bits per heavy atom. The minimum absolute atomic E-state index is 0.151. The summed E-state index contributed by atoms with van der Waals surface area (Å²) in [6, 6.07) is -0.223. The van der Waals surface area contributed by atoms with Crippen molar-refractivity contribution in [3.63, 3.8) is 0 Å². The normalized spacial score (nSPS) is 19.6. The van der Waals surface area contributed by atoms with Gasteiger partial charge in [-0.25, -0.2) is 0 Å². The lowest BCUT2D eigenvalue weighted by atomic mass is 9.88. The van der Waals surface area contributed by atoms with Crippen LogP contribution in [0.5, 0.6) is 0 Å². The maximum absolute atomic E-state index is 12.9. The Labute approximate surface area is 93.2 Å². The summed E-state index contributed by atoms with van der Waals surface area (Å²) in [5.74, 6) is 0.269. The predicted octanol–water partition coefficient (Wildman–Crippen LogP) is 1.72. The second-order valence-corrected chi connectivity index (χ2v) is 4.33. The van der Waals surface area contributed by atoms with E-state index in [4.69, 9.17) is 4.74 Å². The molecule has 0 bridgehead atoms. The highest BCUT2D eigenvalue weighted by Crippen LogP contribution is 2.39. The number of hydrogen-bond donors (Lipinski definition) is 1. The van der Waals surface area contributed by atoms with Gasteiger partial charge in [0.2, 0.25) is 0 Å². The third-order valence-electron chi connectivity index (χ3n) is 2.62. The summed E-state index contributed by atoms with van der Waals surface area (Å²) in [6.45, 7) is 6.62. The predicted molar refractivity (Wildman–Crippen MR) is 54.8 cm³/mol. The van der Waals surface area contributed by atoms with E-state index in [1.165, 1.54) is 12.0 Å². The van der Waals surface area contributed by atoms with Crippen molar-refractivity contribution in [2.75, 3.05) is 20.2 Å². The summed E-state index contributed by atoms with van der Waals surface area (Å²) in [6.07, 6.45) is -4.26. The fourth-order valence-electron chi connectivity index (χ4n) is 1.82. The summed E-state index contributed by atoms with van der Waals surface area (Å²) in [4.78, 5) is 1.46. The quantitative estimate of drug-likeness (QED) is 0.755. The van der Waals surface area contributed by atoms with Gasteiger partial charge in [-0.05, 0) is 6.58 Å². The van der Waals surface area contributed by atoms with E-state index in [-0.39, 0.29) is 25.0 Å². The Morgan fingerprint density at radius 1 is 1.44 bits per heavy atom. The van der Waals surface area contributed by atoms with Crippen LogP contribution in [0.1, 0.15) is 13.8 Å². The molecule has 0 aliphatic carbocycles. The van der Waals surface area contributed by atoms with Gasteiger partial charge in [0.25, 0.3) is 0 Å². The highest BCUT2D eigenvalue weighted by Gasteiger charge is 2.62. The fourth-order valence-corrected chi connectivity index (χ4v) is 1.82. The molecule has 0 aromatic rings. The first-order valence-electron chi connectivity index (χ1n) is 5.04. The van der Waals surface area contributed by atoms with E-state index in [9.17, 15) is 13.2 Å². The lowest BCUT2D eigenvalue weighted by Crippen LogP contribution is -2.76. The van der Waals surface area contributed by atoms with Gasteiger partial charge in [0.15, 0.2) is 11.4 Å². The summed E-state index contributed by atoms with van der Waals surface area (Å²) >= 11 is 0. The second-order valence-electron chi connectivity index (χ2n) is 4.33. The zero-order valence-electron chi connectivity index (χ0n) is 9.69. The van der Waals surface area contributed by atoms with E-state index in [0.29, 0.717) is 0 Å². The maximum atomic E-state index is 12.9. The molecule has 94 valence electrons. The van der Waals surface area contributed by atoms with Gasteiger partial charge in [0.05, 0.1) is 7.11 Å². The van der Waals surface area contributed by atoms with Crippen LogP contribution in [0.15, 0.2) is 12.5 Å². The lowest BCUT2D eigenvalue weighted by Gasteiger charge is -2.52. The van der Waals surface area contributed by atoms with Crippen molar-refractivity contribution in [3.8, 4) is 0 Å². The molecule has 6 heteroatoms. The standard InChI is InChI=1S/C10H17F3N2O/c1-7(2)14-9(10(11,12)13)5-15(6-9)8(3)16-4/h7,14H,3,5-6H2,1-2,4H3. The van der Waals surface area contributed by atoms with Crippen LogP contribution in [0.4, 0.5) is 13.2 Å². The van der Waals surface area contributed by atoms with Crippen molar-refractivity contribution >= 4 is 0 Å². The molecule has 0 radical (unpaired) electrons. The number of rotatable bonds is 4. The third-order valence-corrected chi connectivity index (χ3v) is 2.62. The van der Waals surface area contributed by atoms with E-state index in [1.807, 2.05) is 0 Å². The zero-order valence-corrected chi connectivity index (χ0v) is 9.69. The molecule has 0 atom stereocenters. The number of likely N-dealkylation sites (tertiary alicyclic amines) is 1. The fraction of sp³-hybridized carbons (Fsp3) is 0.800. The zero-order chi connectivity index (χ0) is 12.6. The van der Waals surface area contributed by atoms with Crippen molar-refractivity contribution in [1.29, 1.82) is 0 Å². The molecule has 1 saturated heterocycles. The molecule has 0 saturated carbocycles. The summed E-state index contributed by atoms with van der Waals surface area (Å²) in [7, 11) is 1.39. The molecule has 16 heavy (non-hydrogen) atoms. The van der Waals surface area contributed by atoms with Crippen molar-refractivity contribution in [1.82, 2.24) is 10.2 Å². The Hall–Kier alpha value is -0.910. The third kappa shape index (κ3) is 2.26. The summed E-state index contributed by atoms with van der Waals surface area (Å²) in [5.41, 5.74) is -1.83. The molecular weight excluding hydrogens is 221 g/mol. The van der Waals surface area contributed by atoms with Crippen molar-refractivity contribution in [2.24, 2.45) is 0 Å². The molecule has 1 heterocycles. The first-order valence-corrected chi connectivity index (χ1v) is 5.04. The SMILES string of the molecule is C=C(OC)N1CC(NC(C)C)(C(F)(F)F)C1. The summed E-state index contributed by atoms with van der Waals surface area (Å²) < 4.78 is 43.5. The van der Waals surface area contributed by atoms with Gasteiger partial charge >= 0.3 is 6.18 Å². The largest absolute Gasteiger partial charge is 0.483 e. The van der Waals surface area contributed by atoms with Crippen LogP contribution in [-0.2, 0) is 4.74 Å². The number of halogens is 3. The van der Waals surface area contributed by atoms with Crippen LogP contribution in [0, 0.1) is 0 Å². The molecule has 1 fully saturated rings. The van der Waals surface area contributed by atoms with Crippen LogP contribution in [0.25, 0.3) is 0 Å². The molecule has 0 aromatic heterocycles. The molecular formula is C10H17F3N2O. The number of hydrogen-bond acceptors (Lipinski definition) is 3. The number of nitrogens with one attached hydrogen (secondary N) is 1. The van der Waals surface area contributed by atoms with Crippen LogP contribution in [-0.4, -0.2) is 42.9 Å². The van der Waals surface area contributed by atoms with E-state index in [0.717, 1.165) is 0 Å². The first-order chi connectivity index (χ1) is 7.22. The van der Waals surface area contributed by atoms with Crippen LogP contribution in [0.3, 0.4) is 0 Å². The molecule has 1 aliphatic heterocycles. The van der Waals surface area contributed by atoms with Crippen LogP contribution in [0.2, 0.25) is 0 Å². The van der Waals surface area contributed by atoms with Gasteiger partial charge in [0, 0.05) is 19.1 Å². The molecule has 3 nitrogen and oxygen atoms in total. The van der Waals surface area contributed by atoms with Gasteiger partial charge in [-0.1, -0.05) is 13.8 Å². The summed E-state index contributed by atoms with van der Waals surface area (Å²) in [5, 5.41) is 2.58. The maximum Gasteiger partial charge on any atom is 0.410 e. The molecule has 0 aromatic carbocycles. The smallest absolute Gasteiger partial charge is 0.410 e. The average Bonchev–Trinajstić information content (AvgIpc) is 2.06. The topological polar surface area (TPSA) is 24.5 Å². The minimum Gasteiger partial charge on any atom is -0.483 e. The number of methoxy groups -OCH3 is 1. The van der Waals surface area contributed by atoms with Gasteiger partial charge < -0.3 is 9.64 Å². The molecule has 1 aliphatic rings. The van der Waals surface area contributed by atoms with E-state index < -0.39 is 11.7 Å². The second kappa shape index (κ2) is 4.16. The van der Waals surface area contributed by atoms with Gasteiger partial charge in [-0.2, -0.15) is 13.2 Å². The number of ether oxygens (including phenoxy) is 1. The molecule has 0 amide bonds. The highest BCUT2D eigenvalue weighted by molar-refractivity contribution is 5.12. The van der Waals surface area contributed by atoms with E-state index in [2.05, 4.69) is 11.9 Å². The van der Waals surface area contributed by atoms with Crippen molar-refractivity contribution in [2.45, 2.75) is 31.6 Å². The lowest BCUT2D eigenvalue weighted by molar-refractivity contribution is -0.236. The number of nitrogens with zero attached hydrogens (tertiary/aromatic N) is 1. The van der Waals surface area contributed by atoms with Crippen LogP contribution < -0.4 is 5.32 Å². The molecule has 0 spiro atoms. The molecule has 0 unspecified atom stereocenters. The average molecular weight is 238 g/mol. The Kier molecular flexibility index (Phi) is 3.42. The van der Waals surface area contributed by atoms with Crippen LogP contribution >= 0.6 is 0 Å². The van der Waals surface area contributed by atoms with Gasteiger partial charge in [-0.3, -0.25) is 5.32 Å². The Bertz CT molecular complexity index is 270. The molecule has 1 N–H and O–H groups in total. The van der Waals surface area contributed by atoms with Crippen molar-refractivity contribution in [3.05, 3.63) is 12.5 Å². The number of alkyl halides is 3. The van der Waals surface area contributed by atoms with Gasteiger partial charge in [0.1, 0.15) is 0 Å². The Morgan fingerprint density at radius 3 is 2.25 bits per heavy atom. The Balaban J connectivity index is 2.70. The van der Waals surface area contributed by atoms with E-state index >= 15 is 0 Å². The highest BCUT2D eigenvalue weighted by atomic mass is 19.4. The molecule has 1 rings (SSSR count). The monoisotopic (exact) mass is 238 g/mol. The minimum atomic E-state index is -4.26.